The van der Waals surface area contributed by atoms with Crippen molar-refractivity contribution in [1.82, 2.24) is 9.38 Å². The number of pyridine rings is 1. The molecule has 0 aliphatic heterocycles. The van der Waals surface area contributed by atoms with E-state index in [-0.39, 0.29) is 23.6 Å². The number of methoxy groups -OCH3 is 1. The molecule has 0 aliphatic rings. The number of rotatable bonds is 4. The van der Waals surface area contributed by atoms with Crippen LogP contribution in [-0.4, -0.2) is 29.1 Å². The molecule has 0 bridgehead atoms. The molecule has 0 unspecified atom stereocenters. The molecular formula is C14H14N2O4. The lowest BCUT2D eigenvalue weighted by Gasteiger charge is -2.06. The minimum absolute atomic E-state index is 0.168. The number of ether oxygens (including phenoxy) is 2. The maximum Gasteiger partial charge on any atom is 0.330 e. The summed E-state index contributed by atoms with van der Waals surface area (Å²) in [5, 5.41) is 0. The fourth-order valence-corrected chi connectivity index (χ4v) is 1.72. The van der Waals surface area contributed by atoms with Crippen LogP contribution in [0, 0.1) is 0 Å². The summed E-state index contributed by atoms with van der Waals surface area (Å²) >= 11 is 0. The van der Waals surface area contributed by atoms with Gasteiger partial charge in [-0.05, 0) is 25.1 Å². The molecule has 2 aromatic rings. The van der Waals surface area contributed by atoms with Crippen molar-refractivity contribution in [2.45, 2.75) is 6.92 Å². The first-order chi connectivity index (χ1) is 9.67. The van der Waals surface area contributed by atoms with Crippen LogP contribution in [0.15, 0.2) is 35.3 Å². The lowest BCUT2D eigenvalue weighted by atomic mass is 10.2. The zero-order chi connectivity index (χ0) is 14.5. The van der Waals surface area contributed by atoms with Gasteiger partial charge in [-0.1, -0.05) is 6.07 Å². The molecule has 0 fully saturated rings. The summed E-state index contributed by atoms with van der Waals surface area (Å²) in [5.74, 6) is -0.353. The Morgan fingerprint density at radius 2 is 2.25 bits per heavy atom. The zero-order valence-corrected chi connectivity index (χ0v) is 11.2. The van der Waals surface area contributed by atoms with Crippen LogP contribution >= 0.6 is 0 Å². The van der Waals surface area contributed by atoms with Gasteiger partial charge in [-0.2, -0.15) is 4.98 Å². The van der Waals surface area contributed by atoms with E-state index in [4.69, 9.17) is 9.47 Å². The highest BCUT2D eigenvalue weighted by atomic mass is 16.5. The van der Waals surface area contributed by atoms with Crippen molar-refractivity contribution in [2.75, 3.05) is 13.7 Å². The van der Waals surface area contributed by atoms with E-state index < -0.39 is 5.97 Å². The van der Waals surface area contributed by atoms with Crippen LogP contribution in [0.25, 0.3) is 11.7 Å². The van der Waals surface area contributed by atoms with Crippen molar-refractivity contribution in [3.8, 4) is 5.88 Å². The van der Waals surface area contributed by atoms with Crippen molar-refractivity contribution in [2.24, 2.45) is 0 Å². The van der Waals surface area contributed by atoms with Gasteiger partial charge in [-0.15, -0.1) is 0 Å². The number of esters is 1. The van der Waals surface area contributed by atoms with Crippen LogP contribution < -0.4 is 10.3 Å². The Morgan fingerprint density at radius 3 is 2.95 bits per heavy atom. The number of carbonyl (C=O) groups excluding carboxylic acids is 1. The number of carbonyl (C=O) groups is 1. The average Bonchev–Trinajstić information content (AvgIpc) is 2.46. The van der Waals surface area contributed by atoms with E-state index in [2.05, 4.69) is 4.98 Å². The fourth-order valence-electron chi connectivity index (χ4n) is 1.72. The standard InChI is InChI=1S/C14H14N2O4/c1-3-20-12(17)8-7-10-13(19-2)15-11-6-4-5-9-16(11)14(10)18/h4-9H,3H2,1-2H3. The second kappa shape index (κ2) is 6.01. The molecule has 0 spiro atoms. The summed E-state index contributed by atoms with van der Waals surface area (Å²) in [6.45, 7) is 1.98. The van der Waals surface area contributed by atoms with E-state index in [0.29, 0.717) is 5.65 Å². The lowest BCUT2D eigenvalue weighted by molar-refractivity contribution is -0.137. The minimum atomic E-state index is -0.521. The molecule has 20 heavy (non-hydrogen) atoms. The van der Waals surface area contributed by atoms with Crippen molar-refractivity contribution >= 4 is 17.7 Å². The highest BCUT2D eigenvalue weighted by molar-refractivity contribution is 5.87. The fraction of sp³-hybridized carbons (Fsp3) is 0.214. The van der Waals surface area contributed by atoms with Crippen molar-refractivity contribution < 1.29 is 14.3 Å². The van der Waals surface area contributed by atoms with Gasteiger partial charge >= 0.3 is 5.97 Å². The first-order valence-electron chi connectivity index (χ1n) is 6.07. The first kappa shape index (κ1) is 13.8. The largest absolute Gasteiger partial charge is 0.480 e. The molecule has 2 rings (SSSR count). The van der Waals surface area contributed by atoms with Crippen molar-refractivity contribution in [3.63, 3.8) is 0 Å². The Kier molecular flexibility index (Phi) is 4.14. The summed E-state index contributed by atoms with van der Waals surface area (Å²) in [7, 11) is 1.42. The lowest BCUT2D eigenvalue weighted by Crippen LogP contribution is -2.18. The minimum Gasteiger partial charge on any atom is -0.480 e. The van der Waals surface area contributed by atoms with Gasteiger partial charge in [0.25, 0.3) is 5.56 Å². The van der Waals surface area contributed by atoms with Crippen LogP contribution in [0.5, 0.6) is 5.88 Å². The maximum absolute atomic E-state index is 12.3. The zero-order valence-electron chi connectivity index (χ0n) is 11.2. The Balaban J connectivity index is 2.54. The molecule has 0 amide bonds. The molecule has 6 nitrogen and oxygen atoms in total. The van der Waals surface area contributed by atoms with Gasteiger partial charge in [0.05, 0.1) is 13.7 Å². The van der Waals surface area contributed by atoms with E-state index in [1.165, 1.54) is 23.7 Å². The van der Waals surface area contributed by atoms with E-state index in [1.54, 1.807) is 31.3 Å². The highest BCUT2D eigenvalue weighted by Gasteiger charge is 2.11. The van der Waals surface area contributed by atoms with E-state index in [9.17, 15) is 9.59 Å². The summed E-state index contributed by atoms with van der Waals surface area (Å²) in [4.78, 5) is 27.8. The predicted octanol–water partition coefficient (Wildman–Crippen LogP) is 1.28. The second-order valence-electron chi connectivity index (χ2n) is 3.85. The van der Waals surface area contributed by atoms with Gasteiger partial charge < -0.3 is 9.47 Å². The average molecular weight is 274 g/mol. The van der Waals surface area contributed by atoms with E-state index >= 15 is 0 Å². The molecule has 104 valence electrons. The van der Waals surface area contributed by atoms with Gasteiger partial charge in [-0.25, -0.2) is 4.79 Å². The number of hydrogen-bond donors (Lipinski definition) is 0. The topological polar surface area (TPSA) is 69.9 Å². The Bertz CT molecular complexity index is 719. The molecule has 0 saturated heterocycles. The highest BCUT2D eigenvalue weighted by Crippen LogP contribution is 2.14. The summed E-state index contributed by atoms with van der Waals surface area (Å²) in [6, 6.07) is 5.19. The van der Waals surface area contributed by atoms with Crippen LogP contribution in [0.4, 0.5) is 0 Å². The third-order valence-electron chi connectivity index (χ3n) is 2.60. The number of nitrogens with zero attached hydrogens (tertiary/aromatic N) is 2. The van der Waals surface area contributed by atoms with Gasteiger partial charge in [0.1, 0.15) is 11.2 Å². The Labute approximate surface area is 115 Å². The number of fused-ring (bicyclic) bond motifs is 1. The molecule has 6 heteroatoms. The van der Waals surface area contributed by atoms with E-state index in [0.717, 1.165) is 0 Å². The van der Waals surface area contributed by atoms with Crippen LogP contribution in [0.1, 0.15) is 12.5 Å². The smallest absolute Gasteiger partial charge is 0.330 e. The summed E-state index contributed by atoms with van der Waals surface area (Å²) in [5.41, 5.74) is 0.361. The first-order valence-corrected chi connectivity index (χ1v) is 6.07. The molecule has 0 atom stereocenters. The van der Waals surface area contributed by atoms with Crippen LogP contribution in [0.2, 0.25) is 0 Å². The molecule has 0 saturated carbocycles. The quantitative estimate of drug-likeness (QED) is 0.620. The molecule has 0 radical (unpaired) electrons. The van der Waals surface area contributed by atoms with Crippen molar-refractivity contribution in [3.05, 3.63) is 46.4 Å². The second-order valence-corrected chi connectivity index (χ2v) is 3.85. The van der Waals surface area contributed by atoms with E-state index in [1.807, 2.05) is 0 Å². The molecule has 0 N–H and O–H groups in total. The molecule has 0 aromatic carbocycles. The molecule has 2 heterocycles. The number of aromatic nitrogens is 2. The monoisotopic (exact) mass is 274 g/mol. The maximum atomic E-state index is 12.3. The van der Waals surface area contributed by atoms with Gasteiger partial charge in [0, 0.05) is 12.3 Å². The van der Waals surface area contributed by atoms with Gasteiger partial charge in [0.2, 0.25) is 5.88 Å². The third-order valence-corrected chi connectivity index (χ3v) is 2.60. The molecule has 2 aromatic heterocycles. The van der Waals surface area contributed by atoms with Crippen molar-refractivity contribution in [1.29, 1.82) is 0 Å². The normalized spacial score (nSPS) is 10.9. The Hall–Kier alpha value is -2.63. The summed E-state index contributed by atoms with van der Waals surface area (Å²) < 4.78 is 11.2. The SMILES string of the molecule is CCOC(=O)C=Cc1c(OC)nc2ccccn2c1=O. The van der Waals surface area contributed by atoms with Crippen LogP contribution in [-0.2, 0) is 9.53 Å². The van der Waals surface area contributed by atoms with Gasteiger partial charge in [-0.3, -0.25) is 9.20 Å². The number of hydrogen-bond acceptors (Lipinski definition) is 5. The van der Waals surface area contributed by atoms with Gasteiger partial charge in [0.15, 0.2) is 0 Å². The summed E-state index contributed by atoms with van der Waals surface area (Å²) in [6.07, 6.45) is 4.14. The Morgan fingerprint density at radius 1 is 1.45 bits per heavy atom. The molecule has 0 aliphatic carbocycles. The van der Waals surface area contributed by atoms with Crippen LogP contribution in [0.3, 0.4) is 0 Å². The molecular weight excluding hydrogens is 260 g/mol. The third kappa shape index (κ3) is 2.69. The predicted molar refractivity (Wildman–Crippen MR) is 73.7 cm³/mol.